The molecule has 0 radical (unpaired) electrons. The van der Waals surface area contributed by atoms with E-state index >= 15 is 0 Å². The Bertz CT molecular complexity index is 1230. The van der Waals surface area contributed by atoms with E-state index in [1.54, 1.807) is 20.5 Å². The van der Waals surface area contributed by atoms with Crippen LogP contribution in [0.5, 0.6) is 11.5 Å². The second-order valence-corrected chi connectivity index (χ2v) is 8.74. The van der Waals surface area contributed by atoms with Crippen LogP contribution in [0.25, 0.3) is 11.8 Å². The van der Waals surface area contributed by atoms with Crippen molar-refractivity contribution in [3.05, 3.63) is 76.9 Å². The molecule has 3 aromatic rings. The number of methoxy groups -OCH3 is 2. The van der Waals surface area contributed by atoms with Crippen LogP contribution in [-0.2, 0) is 11.2 Å². The van der Waals surface area contributed by atoms with Crippen LogP contribution in [0.1, 0.15) is 47.7 Å². The van der Waals surface area contributed by atoms with E-state index in [4.69, 9.17) is 9.47 Å². The number of nitrogens with zero attached hydrogens (tertiary/aromatic N) is 3. The van der Waals surface area contributed by atoms with Gasteiger partial charge in [0.2, 0.25) is 5.91 Å². The van der Waals surface area contributed by atoms with Crippen LogP contribution in [0, 0.1) is 6.92 Å². The molecule has 6 heteroatoms. The summed E-state index contributed by atoms with van der Waals surface area (Å²) in [6, 6.07) is 12.4. The first-order chi connectivity index (χ1) is 16.1. The van der Waals surface area contributed by atoms with E-state index in [9.17, 15) is 4.79 Å². The fourth-order valence-electron chi connectivity index (χ4n) is 5.04. The first kappa shape index (κ1) is 21.3. The topological polar surface area (TPSA) is 56.6 Å². The zero-order valence-corrected chi connectivity index (χ0v) is 19.4. The van der Waals surface area contributed by atoms with Crippen molar-refractivity contribution in [2.45, 2.75) is 38.6 Å². The molecule has 6 nitrogen and oxygen atoms in total. The van der Waals surface area contributed by atoms with Gasteiger partial charge in [0.1, 0.15) is 11.5 Å². The Labute approximate surface area is 194 Å². The lowest BCUT2D eigenvalue weighted by Crippen LogP contribution is -2.39. The van der Waals surface area contributed by atoms with Crippen LogP contribution in [0.4, 0.5) is 0 Å². The number of fused-ring (bicyclic) bond motifs is 1. The summed E-state index contributed by atoms with van der Waals surface area (Å²) in [6.45, 7) is 2.76. The van der Waals surface area contributed by atoms with Crippen molar-refractivity contribution in [3.8, 4) is 17.2 Å². The third-order valence-corrected chi connectivity index (χ3v) is 6.69. The highest BCUT2D eigenvalue weighted by atomic mass is 16.5. The molecular formula is C27H29N3O3. The zero-order chi connectivity index (χ0) is 22.9. The Morgan fingerprint density at radius 3 is 2.73 bits per heavy atom. The number of imidazole rings is 1. The molecule has 1 fully saturated rings. The number of amides is 1. The maximum absolute atomic E-state index is 13.5. The van der Waals surface area contributed by atoms with Crippen LogP contribution in [-0.4, -0.2) is 41.1 Å². The van der Waals surface area contributed by atoms with E-state index in [0.29, 0.717) is 0 Å². The van der Waals surface area contributed by atoms with Crippen molar-refractivity contribution in [1.82, 2.24) is 14.5 Å². The lowest BCUT2D eigenvalue weighted by molar-refractivity contribution is -0.131. The third-order valence-electron chi connectivity index (χ3n) is 6.69. The predicted octanol–water partition coefficient (Wildman–Crippen LogP) is 4.89. The fraction of sp³-hybridized carbons (Fsp3) is 0.333. The molecular weight excluding hydrogens is 414 g/mol. The van der Waals surface area contributed by atoms with Crippen LogP contribution >= 0.6 is 0 Å². The molecule has 1 atom stereocenters. The van der Waals surface area contributed by atoms with Crippen molar-refractivity contribution in [2.24, 2.45) is 0 Å². The summed E-state index contributed by atoms with van der Waals surface area (Å²) in [7, 11) is 3.36. The van der Waals surface area contributed by atoms with Crippen molar-refractivity contribution < 1.29 is 14.3 Å². The standard InChI is InChI=1S/C27H29N3O3/c1-18-16-29(17-28-18)25-10-6-19(14-26(25)33-3)13-21-5-4-12-30(27(21)31)24-11-7-20-15-22(32-2)8-9-23(20)24/h6,8-10,13-17,24H,4-5,7,11-12H2,1-3H3/b21-13+/t24-/m0/s1. The second-order valence-electron chi connectivity index (χ2n) is 8.74. The average Bonchev–Trinajstić information content (AvgIpc) is 3.46. The number of aromatic nitrogens is 2. The molecule has 0 saturated carbocycles. The molecule has 33 heavy (non-hydrogen) atoms. The highest BCUT2D eigenvalue weighted by molar-refractivity contribution is 5.99. The van der Waals surface area contributed by atoms with Gasteiger partial charge in [-0.3, -0.25) is 4.79 Å². The van der Waals surface area contributed by atoms with E-state index < -0.39 is 0 Å². The Kier molecular flexibility index (Phi) is 5.67. The molecule has 2 aliphatic rings. The highest BCUT2D eigenvalue weighted by Gasteiger charge is 2.34. The van der Waals surface area contributed by atoms with Crippen LogP contribution in [0.15, 0.2) is 54.5 Å². The Morgan fingerprint density at radius 2 is 1.97 bits per heavy atom. The molecule has 1 amide bonds. The van der Waals surface area contributed by atoms with Crippen LogP contribution < -0.4 is 9.47 Å². The molecule has 2 aromatic carbocycles. The first-order valence-electron chi connectivity index (χ1n) is 11.4. The highest BCUT2D eigenvalue weighted by Crippen LogP contribution is 2.40. The van der Waals surface area contributed by atoms with Crippen molar-refractivity contribution in [3.63, 3.8) is 0 Å². The number of benzene rings is 2. The molecule has 170 valence electrons. The van der Waals surface area contributed by atoms with Gasteiger partial charge in [0.15, 0.2) is 0 Å². The van der Waals surface area contributed by atoms with Gasteiger partial charge in [-0.1, -0.05) is 12.1 Å². The summed E-state index contributed by atoms with van der Waals surface area (Å²) in [6.07, 6.45) is 9.48. The Hall–Kier alpha value is -3.54. The third kappa shape index (κ3) is 4.01. The van der Waals surface area contributed by atoms with Gasteiger partial charge in [0, 0.05) is 18.3 Å². The van der Waals surface area contributed by atoms with Gasteiger partial charge in [0.05, 0.1) is 38.0 Å². The van der Waals surface area contributed by atoms with Gasteiger partial charge in [0.25, 0.3) is 0 Å². The van der Waals surface area contributed by atoms with E-state index in [1.165, 1.54) is 11.1 Å². The number of aryl methyl sites for hydroxylation is 2. The largest absolute Gasteiger partial charge is 0.497 e. The van der Waals surface area contributed by atoms with Gasteiger partial charge in [-0.2, -0.15) is 0 Å². The number of ether oxygens (including phenoxy) is 2. The van der Waals surface area contributed by atoms with Crippen molar-refractivity contribution >= 4 is 12.0 Å². The van der Waals surface area contributed by atoms with Gasteiger partial charge in [-0.05, 0) is 79.6 Å². The molecule has 1 saturated heterocycles. The van der Waals surface area contributed by atoms with Gasteiger partial charge in [-0.25, -0.2) is 4.98 Å². The van der Waals surface area contributed by atoms with E-state index in [2.05, 4.69) is 22.0 Å². The normalized spacial score (nSPS) is 19.1. The minimum Gasteiger partial charge on any atom is -0.497 e. The molecule has 1 aliphatic carbocycles. The van der Waals surface area contributed by atoms with E-state index in [1.807, 2.05) is 48.0 Å². The Morgan fingerprint density at radius 1 is 1.09 bits per heavy atom. The molecule has 0 spiro atoms. The summed E-state index contributed by atoms with van der Waals surface area (Å²) in [4.78, 5) is 19.9. The minimum atomic E-state index is 0.142. The quantitative estimate of drug-likeness (QED) is 0.527. The monoisotopic (exact) mass is 443 g/mol. The number of likely N-dealkylation sites (tertiary alicyclic amines) is 1. The molecule has 0 N–H and O–H groups in total. The summed E-state index contributed by atoms with van der Waals surface area (Å²) in [5, 5.41) is 0. The molecule has 5 rings (SSSR count). The number of piperidine rings is 1. The molecule has 2 heterocycles. The minimum absolute atomic E-state index is 0.142. The average molecular weight is 444 g/mol. The van der Waals surface area contributed by atoms with E-state index in [-0.39, 0.29) is 11.9 Å². The van der Waals surface area contributed by atoms with Gasteiger partial charge < -0.3 is 18.9 Å². The maximum Gasteiger partial charge on any atom is 0.250 e. The van der Waals surface area contributed by atoms with Crippen LogP contribution in [0.3, 0.4) is 0 Å². The number of hydrogen-bond acceptors (Lipinski definition) is 4. The van der Waals surface area contributed by atoms with Crippen molar-refractivity contribution in [1.29, 1.82) is 0 Å². The summed E-state index contributed by atoms with van der Waals surface area (Å²) in [5.74, 6) is 1.77. The maximum atomic E-state index is 13.5. The lowest BCUT2D eigenvalue weighted by atomic mass is 9.97. The predicted molar refractivity (Wildman–Crippen MR) is 128 cm³/mol. The van der Waals surface area contributed by atoms with Crippen molar-refractivity contribution in [2.75, 3.05) is 20.8 Å². The number of hydrogen-bond donors (Lipinski definition) is 0. The summed E-state index contributed by atoms with van der Waals surface area (Å²) < 4.78 is 13.0. The van der Waals surface area contributed by atoms with Gasteiger partial charge >= 0.3 is 0 Å². The SMILES string of the molecule is COc1ccc2c(c1)CC[C@@H]2N1CCC/C(=C\c2ccc(-n3cnc(C)c3)c(OC)c2)C1=O. The lowest BCUT2D eigenvalue weighted by Gasteiger charge is -2.34. The molecule has 0 unspecified atom stereocenters. The smallest absolute Gasteiger partial charge is 0.250 e. The summed E-state index contributed by atoms with van der Waals surface area (Å²) >= 11 is 0. The zero-order valence-electron chi connectivity index (χ0n) is 19.4. The number of carbonyl (C=O) groups excluding carboxylic acids is 1. The second kappa shape index (κ2) is 8.77. The molecule has 0 bridgehead atoms. The van der Waals surface area contributed by atoms with E-state index in [0.717, 1.165) is 66.2 Å². The molecule has 1 aromatic heterocycles. The first-order valence-corrected chi connectivity index (χ1v) is 11.4. The number of carbonyl (C=O) groups is 1. The number of rotatable bonds is 5. The van der Waals surface area contributed by atoms with Crippen LogP contribution in [0.2, 0.25) is 0 Å². The van der Waals surface area contributed by atoms with Gasteiger partial charge in [-0.15, -0.1) is 0 Å². The summed E-state index contributed by atoms with van der Waals surface area (Å²) in [5.41, 5.74) is 6.24. The molecule has 1 aliphatic heterocycles. The Balaban J connectivity index is 1.41. The fourth-order valence-corrected chi connectivity index (χ4v) is 5.04.